The Kier molecular flexibility index (Phi) is 3.70. The maximum absolute atomic E-state index is 11.0. The fourth-order valence-corrected chi connectivity index (χ4v) is 3.57. The summed E-state index contributed by atoms with van der Waals surface area (Å²) in [4.78, 5) is 11.9. The van der Waals surface area contributed by atoms with Crippen molar-refractivity contribution in [2.45, 2.75) is 13.8 Å². The van der Waals surface area contributed by atoms with Gasteiger partial charge in [-0.05, 0) is 30.7 Å². The molecule has 21 heavy (non-hydrogen) atoms. The Morgan fingerprint density at radius 2 is 2.05 bits per heavy atom. The highest BCUT2D eigenvalue weighted by atomic mass is 35.5. The molecule has 2 aromatic carbocycles. The number of benzene rings is 2. The lowest BCUT2D eigenvalue weighted by Crippen LogP contribution is -2.01. The van der Waals surface area contributed by atoms with Crippen molar-refractivity contribution in [1.82, 2.24) is 0 Å². The molecular formula is C17H12ClO2S. The number of aryl methyl sites for hydroxylation is 1. The number of halogens is 1. The standard InChI is InChI=1S/C17H12ClO2S/c1-10-3-4-12-8-17(21-16(12)7-10)14-6-5-13(9-15(14)18)20-11(2)19/h3-7,9H,1-2H3. The lowest BCUT2D eigenvalue weighted by atomic mass is 10.1. The van der Waals surface area contributed by atoms with Crippen LogP contribution in [-0.2, 0) is 4.79 Å². The van der Waals surface area contributed by atoms with Gasteiger partial charge < -0.3 is 4.74 Å². The van der Waals surface area contributed by atoms with Gasteiger partial charge >= 0.3 is 5.97 Å². The zero-order valence-corrected chi connectivity index (χ0v) is 13.1. The minimum Gasteiger partial charge on any atom is -0.427 e. The summed E-state index contributed by atoms with van der Waals surface area (Å²) in [7, 11) is 0. The van der Waals surface area contributed by atoms with Crippen molar-refractivity contribution in [2.24, 2.45) is 0 Å². The van der Waals surface area contributed by atoms with Crippen LogP contribution in [0.3, 0.4) is 0 Å². The number of ether oxygens (including phenoxy) is 1. The molecule has 1 heterocycles. The molecule has 0 unspecified atom stereocenters. The highest BCUT2D eigenvalue weighted by Gasteiger charge is 2.10. The van der Waals surface area contributed by atoms with E-state index in [0.29, 0.717) is 10.8 Å². The molecule has 0 amide bonds. The van der Waals surface area contributed by atoms with Gasteiger partial charge in [-0.3, -0.25) is 4.79 Å². The quantitative estimate of drug-likeness (QED) is 0.476. The number of thiophene rings is 1. The van der Waals surface area contributed by atoms with Gasteiger partial charge in [-0.25, -0.2) is 0 Å². The van der Waals surface area contributed by atoms with E-state index in [0.717, 1.165) is 15.8 Å². The largest absolute Gasteiger partial charge is 0.427 e. The molecule has 0 saturated heterocycles. The predicted molar refractivity (Wildman–Crippen MR) is 87.2 cm³/mol. The number of hydrogen-bond acceptors (Lipinski definition) is 3. The molecule has 0 aliphatic carbocycles. The van der Waals surface area contributed by atoms with E-state index in [2.05, 4.69) is 31.2 Å². The van der Waals surface area contributed by atoms with Crippen LogP contribution < -0.4 is 4.74 Å². The molecule has 0 bridgehead atoms. The lowest BCUT2D eigenvalue weighted by Gasteiger charge is -2.05. The first-order valence-corrected chi connectivity index (χ1v) is 7.63. The molecule has 2 nitrogen and oxygen atoms in total. The predicted octanol–water partition coefficient (Wildman–Crippen LogP) is 5.26. The van der Waals surface area contributed by atoms with Crippen molar-refractivity contribution in [3.05, 3.63) is 53.1 Å². The molecule has 0 spiro atoms. The van der Waals surface area contributed by atoms with Crippen LogP contribution in [0.1, 0.15) is 12.5 Å². The van der Waals surface area contributed by atoms with Gasteiger partial charge in [-0.2, -0.15) is 0 Å². The first kappa shape index (κ1) is 14.1. The number of rotatable bonds is 2. The highest BCUT2D eigenvalue weighted by Crippen LogP contribution is 2.38. The third-order valence-electron chi connectivity index (χ3n) is 3.04. The van der Waals surface area contributed by atoms with Crippen LogP contribution in [0.5, 0.6) is 5.75 Å². The second-order valence-electron chi connectivity index (χ2n) is 4.79. The lowest BCUT2D eigenvalue weighted by molar-refractivity contribution is -0.131. The summed E-state index contributed by atoms with van der Waals surface area (Å²) in [5.74, 6) is 0.0934. The van der Waals surface area contributed by atoms with E-state index >= 15 is 0 Å². The number of carbonyl (C=O) groups excluding carboxylic acids is 1. The van der Waals surface area contributed by atoms with E-state index in [1.807, 2.05) is 6.07 Å². The smallest absolute Gasteiger partial charge is 0.308 e. The monoisotopic (exact) mass is 315 g/mol. The topological polar surface area (TPSA) is 26.3 Å². The number of carbonyl (C=O) groups is 1. The minimum atomic E-state index is -0.359. The van der Waals surface area contributed by atoms with Crippen LogP contribution in [0.15, 0.2) is 36.4 Å². The third kappa shape index (κ3) is 2.94. The second-order valence-corrected chi connectivity index (χ2v) is 6.25. The van der Waals surface area contributed by atoms with Crippen molar-refractivity contribution in [2.75, 3.05) is 0 Å². The summed E-state index contributed by atoms with van der Waals surface area (Å²) >= 11 is 7.95. The van der Waals surface area contributed by atoms with E-state index in [1.165, 1.54) is 17.2 Å². The zero-order chi connectivity index (χ0) is 15.0. The van der Waals surface area contributed by atoms with Crippen LogP contribution in [0, 0.1) is 13.0 Å². The Morgan fingerprint density at radius 3 is 2.76 bits per heavy atom. The SMILES string of the molecule is CC(=O)Oc1ccc(-c2[c]c3ccc(C)cc3s2)c(Cl)c1. The molecular weight excluding hydrogens is 304 g/mol. The molecule has 105 valence electrons. The van der Waals surface area contributed by atoms with E-state index in [1.54, 1.807) is 23.5 Å². The third-order valence-corrected chi connectivity index (χ3v) is 4.44. The van der Waals surface area contributed by atoms with Crippen molar-refractivity contribution < 1.29 is 9.53 Å². The normalized spacial score (nSPS) is 10.8. The Bertz CT molecular complexity index is 836. The summed E-state index contributed by atoms with van der Waals surface area (Å²) in [5.41, 5.74) is 2.12. The Balaban J connectivity index is 2.03. The number of fused-ring (bicyclic) bond motifs is 1. The van der Waals surface area contributed by atoms with Gasteiger partial charge in [-0.1, -0.05) is 23.7 Å². The fraction of sp³-hybridized carbons (Fsp3) is 0.118. The first-order valence-electron chi connectivity index (χ1n) is 6.44. The van der Waals surface area contributed by atoms with Gasteiger partial charge in [0.2, 0.25) is 0 Å². The van der Waals surface area contributed by atoms with Crippen LogP contribution in [0.4, 0.5) is 0 Å². The van der Waals surface area contributed by atoms with Gasteiger partial charge in [-0.15, -0.1) is 11.3 Å². The number of hydrogen-bond donors (Lipinski definition) is 0. The zero-order valence-electron chi connectivity index (χ0n) is 11.6. The molecule has 3 aromatic rings. The molecule has 1 radical (unpaired) electrons. The Hall–Kier alpha value is -1.84. The van der Waals surface area contributed by atoms with Crippen molar-refractivity contribution in [1.29, 1.82) is 0 Å². The molecule has 3 rings (SSSR count). The Morgan fingerprint density at radius 1 is 1.24 bits per heavy atom. The van der Waals surface area contributed by atoms with Crippen LogP contribution >= 0.6 is 22.9 Å². The van der Waals surface area contributed by atoms with Crippen molar-refractivity contribution in [3.63, 3.8) is 0 Å². The molecule has 0 atom stereocenters. The summed E-state index contributed by atoms with van der Waals surface area (Å²) in [6.07, 6.45) is 0. The van der Waals surface area contributed by atoms with Gasteiger partial charge in [0.15, 0.2) is 0 Å². The van der Waals surface area contributed by atoms with Crippen molar-refractivity contribution >= 4 is 39.0 Å². The second kappa shape index (κ2) is 5.51. The first-order chi connectivity index (χ1) is 10.0. The summed E-state index contributed by atoms with van der Waals surface area (Å²) in [6.45, 7) is 3.43. The molecule has 0 N–H and O–H groups in total. The summed E-state index contributed by atoms with van der Waals surface area (Å²) in [5, 5.41) is 1.63. The average molecular weight is 316 g/mol. The highest BCUT2D eigenvalue weighted by molar-refractivity contribution is 7.22. The van der Waals surface area contributed by atoms with Gasteiger partial charge in [0.25, 0.3) is 0 Å². The summed E-state index contributed by atoms with van der Waals surface area (Å²) < 4.78 is 6.22. The fourth-order valence-electron chi connectivity index (χ4n) is 2.11. The van der Waals surface area contributed by atoms with Gasteiger partial charge in [0.1, 0.15) is 5.75 Å². The van der Waals surface area contributed by atoms with Crippen LogP contribution in [0.25, 0.3) is 20.5 Å². The van der Waals surface area contributed by atoms with E-state index in [9.17, 15) is 4.79 Å². The number of esters is 1. The molecule has 0 fully saturated rings. The minimum absolute atomic E-state index is 0.359. The maximum Gasteiger partial charge on any atom is 0.308 e. The van der Waals surface area contributed by atoms with E-state index < -0.39 is 0 Å². The van der Waals surface area contributed by atoms with Crippen LogP contribution in [0.2, 0.25) is 5.02 Å². The van der Waals surface area contributed by atoms with Gasteiger partial charge in [0.05, 0.1) is 5.02 Å². The van der Waals surface area contributed by atoms with Gasteiger partial charge in [0, 0.05) is 39.6 Å². The molecule has 1 aromatic heterocycles. The molecule has 0 saturated carbocycles. The molecule has 4 heteroatoms. The molecule has 0 aliphatic rings. The van der Waals surface area contributed by atoms with Crippen molar-refractivity contribution in [3.8, 4) is 16.2 Å². The average Bonchev–Trinajstić information content (AvgIpc) is 2.80. The van der Waals surface area contributed by atoms with E-state index in [4.69, 9.17) is 16.3 Å². The van der Waals surface area contributed by atoms with E-state index in [-0.39, 0.29) is 5.97 Å². The van der Waals surface area contributed by atoms with Crippen LogP contribution in [-0.4, -0.2) is 5.97 Å². The summed E-state index contributed by atoms with van der Waals surface area (Å²) in [6, 6.07) is 14.9. The molecule has 0 aliphatic heterocycles. The Labute approximate surface area is 131 Å². The maximum atomic E-state index is 11.0.